The van der Waals surface area contributed by atoms with Crippen molar-refractivity contribution in [3.8, 4) is 11.6 Å². The Bertz CT molecular complexity index is 531. The first-order chi connectivity index (χ1) is 9.47. The van der Waals surface area contributed by atoms with Crippen LogP contribution in [0.1, 0.15) is 17.3 Å². The van der Waals surface area contributed by atoms with E-state index in [0.29, 0.717) is 0 Å². The normalized spacial score (nSPS) is 9.70. The van der Waals surface area contributed by atoms with E-state index in [4.69, 9.17) is 20.3 Å². The van der Waals surface area contributed by atoms with Gasteiger partial charge in [0.2, 0.25) is 5.91 Å². The van der Waals surface area contributed by atoms with Crippen molar-refractivity contribution in [1.29, 1.82) is 0 Å². The number of pyridine rings is 1. The maximum absolute atomic E-state index is 11.3. The molecule has 1 heterocycles. The van der Waals surface area contributed by atoms with Crippen molar-refractivity contribution in [2.75, 3.05) is 13.2 Å². The number of imide groups is 1. The van der Waals surface area contributed by atoms with Gasteiger partial charge in [-0.05, 0) is 6.92 Å². The number of hydrogen-bond donors (Lipinski definition) is 3. The molecule has 0 atom stereocenters. The average molecular weight is 283 g/mol. The molecule has 1 aromatic heterocycles. The van der Waals surface area contributed by atoms with Crippen LogP contribution in [0, 0.1) is 0 Å². The fourth-order valence-electron chi connectivity index (χ4n) is 1.16. The molecule has 0 unspecified atom stereocenters. The van der Waals surface area contributed by atoms with E-state index in [2.05, 4.69) is 4.98 Å². The smallest absolute Gasteiger partial charge is 0.420 e. The summed E-state index contributed by atoms with van der Waals surface area (Å²) in [7, 11) is 0. The number of aromatic nitrogens is 1. The molecule has 9 nitrogen and oxygen atoms in total. The largest absolute Gasteiger partial charge is 0.488 e. The first-order valence-corrected chi connectivity index (χ1v) is 5.55. The molecule has 0 aliphatic carbocycles. The van der Waals surface area contributed by atoms with Crippen LogP contribution in [0.5, 0.6) is 11.6 Å². The van der Waals surface area contributed by atoms with Gasteiger partial charge in [0.25, 0.3) is 5.88 Å². The fourth-order valence-corrected chi connectivity index (χ4v) is 1.16. The Kier molecular flexibility index (Phi) is 5.42. The molecular formula is C11H13N3O6. The van der Waals surface area contributed by atoms with Gasteiger partial charge < -0.3 is 20.3 Å². The predicted octanol–water partition coefficient (Wildman–Crippen LogP) is -0.248. The van der Waals surface area contributed by atoms with Gasteiger partial charge >= 0.3 is 12.1 Å². The van der Waals surface area contributed by atoms with Gasteiger partial charge in [-0.2, -0.15) is 0 Å². The van der Waals surface area contributed by atoms with Crippen molar-refractivity contribution in [3.63, 3.8) is 0 Å². The molecule has 0 aliphatic rings. The number of nitrogens with two attached hydrogens (primary N) is 1. The number of nitrogens with one attached hydrogen (secondary N) is 1. The molecule has 1 aromatic rings. The summed E-state index contributed by atoms with van der Waals surface area (Å²) >= 11 is 0. The van der Waals surface area contributed by atoms with Crippen LogP contribution in [0.2, 0.25) is 0 Å². The summed E-state index contributed by atoms with van der Waals surface area (Å²) in [5.41, 5.74) is 4.89. The van der Waals surface area contributed by atoms with Crippen molar-refractivity contribution in [2.45, 2.75) is 6.92 Å². The van der Waals surface area contributed by atoms with Crippen LogP contribution >= 0.6 is 0 Å². The Morgan fingerprint density at radius 3 is 2.70 bits per heavy atom. The summed E-state index contributed by atoms with van der Waals surface area (Å²) in [6.07, 6.45) is -0.0879. The lowest BCUT2D eigenvalue weighted by Gasteiger charge is -2.10. The van der Waals surface area contributed by atoms with Gasteiger partial charge in [-0.25, -0.2) is 14.6 Å². The average Bonchev–Trinajstić information content (AvgIpc) is 2.40. The summed E-state index contributed by atoms with van der Waals surface area (Å²) in [5, 5.41) is 10.7. The minimum atomic E-state index is -1.20. The van der Waals surface area contributed by atoms with Gasteiger partial charge in [-0.15, -0.1) is 0 Å². The Morgan fingerprint density at radius 1 is 1.45 bits per heavy atom. The number of hydrogen-bond acceptors (Lipinski definition) is 7. The number of aromatic carboxylic acids is 1. The van der Waals surface area contributed by atoms with Gasteiger partial charge in [0.15, 0.2) is 5.75 Å². The topological polar surface area (TPSA) is 141 Å². The summed E-state index contributed by atoms with van der Waals surface area (Å²) in [5.74, 6) is -2.20. The number of nitrogens with zero attached hydrogens (tertiary/aromatic N) is 1. The van der Waals surface area contributed by atoms with Crippen LogP contribution in [0.4, 0.5) is 4.79 Å². The second-order valence-corrected chi connectivity index (χ2v) is 3.41. The molecule has 0 aromatic carbocycles. The quantitative estimate of drug-likeness (QED) is 0.671. The lowest BCUT2D eigenvalue weighted by molar-refractivity contribution is -0.118. The van der Waals surface area contributed by atoms with Crippen LogP contribution < -0.4 is 20.5 Å². The van der Waals surface area contributed by atoms with Crippen LogP contribution in [0.3, 0.4) is 0 Å². The molecule has 4 N–H and O–H groups in total. The number of rotatable bonds is 5. The molecule has 0 fully saturated rings. The van der Waals surface area contributed by atoms with Crippen LogP contribution in [-0.2, 0) is 4.79 Å². The van der Waals surface area contributed by atoms with E-state index < -0.39 is 18.0 Å². The second-order valence-electron chi connectivity index (χ2n) is 3.41. The summed E-state index contributed by atoms with van der Waals surface area (Å²) in [4.78, 5) is 36.7. The fraction of sp³-hybridized carbons (Fsp3) is 0.273. The molecule has 20 heavy (non-hydrogen) atoms. The monoisotopic (exact) mass is 283 g/mol. The number of ether oxygens (including phenoxy) is 2. The van der Waals surface area contributed by atoms with Gasteiger partial charge in [-0.1, -0.05) is 0 Å². The van der Waals surface area contributed by atoms with E-state index in [-0.39, 0.29) is 30.3 Å². The summed E-state index contributed by atoms with van der Waals surface area (Å²) in [6.45, 7) is 1.50. The van der Waals surface area contributed by atoms with E-state index in [1.54, 1.807) is 6.92 Å². The zero-order chi connectivity index (χ0) is 15.1. The number of amides is 2. The number of carboxylic acids is 1. The molecule has 0 saturated heterocycles. The Hall–Kier alpha value is -2.68. The highest BCUT2D eigenvalue weighted by Gasteiger charge is 2.16. The highest BCUT2D eigenvalue weighted by molar-refractivity contribution is 5.93. The molecule has 0 bridgehead atoms. The van der Waals surface area contributed by atoms with E-state index in [0.717, 1.165) is 12.3 Å². The summed E-state index contributed by atoms with van der Waals surface area (Å²) in [6, 6.07) is 1.16. The molecule has 0 spiro atoms. The van der Waals surface area contributed by atoms with Crippen molar-refractivity contribution in [2.24, 2.45) is 5.73 Å². The van der Waals surface area contributed by atoms with Crippen molar-refractivity contribution < 1.29 is 29.0 Å². The third-order valence-corrected chi connectivity index (χ3v) is 1.98. The zero-order valence-corrected chi connectivity index (χ0v) is 10.6. The van der Waals surface area contributed by atoms with Crippen LogP contribution in [0.15, 0.2) is 12.3 Å². The SMILES string of the molecule is CCOc1cc(C(=O)O)cnc1OC(=O)NC(=O)CN. The highest BCUT2D eigenvalue weighted by atomic mass is 16.6. The van der Waals surface area contributed by atoms with Gasteiger partial charge in [0, 0.05) is 12.3 Å². The first-order valence-electron chi connectivity index (χ1n) is 5.55. The maximum atomic E-state index is 11.3. The number of carbonyl (C=O) groups is 3. The van der Waals surface area contributed by atoms with Gasteiger partial charge in [0.1, 0.15) is 0 Å². The predicted molar refractivity (Wildman–Crippen MR) is 65.6 cm³/mol. The molecule has 9 heteroatoms. The van der Waals surface area contributed by atoms with E-state index in [9.17, 15) is 14.4 Å². The number of carboxylic acid groups (broad SMARTS) is 1. The minimum absolute atomic E-state index is 0.0252. The molecule has 1 rings (SSSR count). The Morgan fingerprint density at radius 2 is 2.15 bits per heavy atom. The first kappa shape index (κ1) is 15.4. The Labute approximate surface area is 113 Å². The molecular weight excluding hydrogens is 270 g/mol. The van der Waals surface area contributed by atoms with E-state index >= 15 is 0 Å². The lowest BCUT2D eigenvalue weighted by Crippen LogP contribution is -2.37. The third kappa shape index (κ3) is 4.21. The van der Waals surface area contributed by atoms with Crippen molar-refractivity contribution in [1.82, 2.24) is 10.3 Å². The van der Waals surface area contributed by atoms with E-state index in [1.165, 1.54) is 0 Å². The lowest BCUT2D eigenvalue weighted by atomic mass is 10.3. The maximum Gasteiger partial charge on any atom is 0.420 e. The number of carbonyl (C=O) groups excluding carboxylic acids is 2. The highest BCUT2D eigenvalue weighted by Crippen LogP contribution is 2.25. The van der Waals surface area contributed by atoms with Crippen LogP contribution in [0.25, 0.3) is 0 Å². The molecule has 0 saturated carbocycles. The van der Waals surface area contributed by atoms with Crippen molar-refractivity contribution in [3.05, 3.63) is 17.8 Å². The second kappa shape index (κ2) is 7.04. The Balaban J connectivity index is 2.90. The van der Waals surface area contributed by atoms with Gasteiger partial charge in [-0.3, -0.25) is 10.1 Å². The minimum Gasteiger partial charge on any atom is -0.488 e. The third-order valence-electron chi connectivity index (χ3n) is 1.98. The standard InChI is InChI=1S/C11H13N3O6/c1-2-19-7-3-6(10(16)17)5-13-9(7)20-11(18)14-8(15)4-12/h3,5H,2,4,12H2,1H3,(H,16,17)(H,14,15,18). The summed E-state index contributed by atoms with van der Waals surface area (Å²) < 4.78 is 9.87. The van der Waals surface area contributed by atoms with Gasteiger partial charge in [0.05, 0.1) is 18.7 Å². The molecule has 0 radical (unpaired) electrons. The molecule has 0 aliphatic heterocycles. The molecule has 108 valence electrons. The van der Waals surface area contributed by atoms with E-state index in [1.807, 2.05) is 5.32 Å². The van der Waals surface area contributed by atoms with Crippen molar-refractivity contribution >= 4 is 18.0 Å². The van der Waals surface area contributed by atoms with Crippen LogP contribution in [-0.4, -0.2) is 41.2 Å². The zero-order valence-electron chi connectivity index (χ0n) is 10.6. The molecule has 2 amide bonds.